The molecule has 0 saturated heterocycles. The minimum Gasteiger partial charge on any atom is -0.389 e. The molecule has 3 saturated carbocycles. The van der Waals surface area contributed by atoms with Gasteiger partial charge in [0, 0.05) is 11.8 Å². The number of fused-ring (bicyclic) bond motifs is 4. The van der Waals surface area contributed by atoms with Crippen LogP contribution in [0, 0.1) is 17.8 Å². The number of rotatable bonds is 0. The molecule has 0 aromatic carbocycles. The Morgan fingerprint density at radius 2 is 2.00 bits per heavy atom. The number of carbonyl (C=O) groups is 1. The summed E-state index contributed by atoms with van der Waals surface area (Å²) < 4.78 is 0. The van der Waals surface area contributed by atoms with E-state index >= 15 is 0 Å². The Balaban J connectivity index is 1.94. The lowest BCUT2D eigenvalue weighted by Gasteiger charge is -2.52. The van der Waals surface area contributed by atoms with Gasteiger partial charge in [-0.2, -0.15) is 0 Å². The Kier molecular flexibility index (Phi) is 2.17. The molecule has 3 rings (SSSR count). The standard InChI is InChI=1S/C13H20O2/c14-12-9-4-3-6-11(12)13(15)7-2-1-5-10(13)8-9/h9-11,15H,1-8H2/t9-,10+,11-,13+/m1/s1. The Hall–Kier alpha value is -0.370. The summed E-state index contributed by atoms with van der Waals surface area (Å²) in [7, 11) is 0. The number of ketones is 1. The number of hydrogen-bond acceptors (Lipinski definition) is 2. The fourth-order valence-electron chi connectivity index (χ4n) is 4.24. The van der Waals surface area contributed by atoms with Crippen molar-refractivity contribution in [3.05, 3.63) is 0 Å². The number of aliphatic hydroxyl groups is 1. The minimum atomic E-state index is -0.605. The second-order valence-corrected chi connectivity index (χ2v) is 5.75. The molecule has 3 aliphatic carbocycles. The molecule has 4 atom stereocenters. The highest BCUT2D eigenvalue weighted by molar-refractivity contribution is 5.86. The Morgan fingerprint density at radius 3 is 2.87 bits per heavy atom. The number of carbonyl (C=O) groups excluding carboxylic acids is 1. The molecule has 2 nitrogen and oxygen atoms in total. The van der Waals surface area contributed by atoms with E-state index in [2.05, 4.69) is 0 Å². The van der Waals surface area contributed by atoms with Crippen LogP contribution in [0.2, 0.25) is 0 Å². The Morgan fingerprint density at radius 1 is 1.13 bits per heavy atom. The molecule has 2 bridgehead atoms. The van der Waals surface area contributed by atoms with E-state index in [4.69, 9.17) is 0 Å². The van der Waals surface area contributed by atoms with Gasteiger partial charge >= 0.3 is 0 Å². The van der Waals surface area contributed by atoms with Crippen LogP contribution in [-0.4, -0.2) is 16.5 Å². The van der Waals surface area contributed by atoms with Crippen LogP contribution in [0.15, 0.2) is 0 Å². The molecule has 0 spiro atoms. The van der Waals surface area contributed by atoms with Crippen LogP contribution in [0.1, 0.15) is 51.4 Å². The first-order chi connectivity index (χ1) is 7.22. The maximum atomic E-state index is 12.1. The molecule has 0 radical (unpaired) electrons. The van der Waals surface area contributed by atoms with E-state index in [9.17, 15) is 9.90 Å². The topological polar surface area (TPSA) is 37.3 Å². The van der Waals surface area contributed by atoms with E-state index in [0.717, 1.165) is 44.9 Å². The second-order valence-electron chi connectivity index (χ2n) is 5.75. The van der Waals surface area contributed by atoms with Gasteiger partial charge in [-0.3, -0.25) is 4.79 Å². The molecular formula is C13H20O2. The van der Waals surface area contributed by atoms with Crippen LogP contribution < -0.4 is 0 Å². The van der Waals surface area contributed by atoms with Crippen molar-refractivity contribution in [3.8, 4) is 0 Å². The molecule has 0 aromatic rings. The van der Waals surface area contributed by atoms with Gasteiger partial charge < -0.3 is 5.11 Å². The Labute approximate surface area is 91.1 Å². The summed E-state index contributed by atoms with van der Waals surface area (Å²) >= 11 is 0. The smallest absolute Gasteiger partial charge is 0.141 e. The fraction of sp³-hybridized carbons (Fsp3) is 0.923. The van der Waals surface area contributed by atoms with E-state index in [0.29, 0.717) is 17.6 Å². The van der Waals surface area contributed by atoms with Crippen LogP contribution in [0.25, 0.3) is 0 Å². The van der Waals surface area contributed by atoms with Gasteiger partial charge in [-0.1, -0.05) is 19.3 Å². The first-order valence-electron chi connectivity index (χ1n) is 6.48. The lowest BCUT2D eigenvalue weighted by Crippen LogP contribution is -2.57. The van der Waals surface area contributed by atoms with Gasteiger partial charge in [0.05, 0.1) is 5.60 Å². The van der Waals surface area contributed by atoms with Crippen LogP contribution in [0.4, 0.5) is 0 Å². The average Bonchev–Trinajstić information content (AvgIpc) is 2.21. The summed E-state index contributed by atoms with van der Waals surface area (Å²) in [6.45, 7) is 0. The van der Waals surface area contributed by atoms with Crippen molar-refractivity contribution < 1.29 is 9.90 Å². The Bertz CT molecular complexity index is 286. The largest absolute Gasteiger partial charge is 0.389 e. The van der Waals surface area contributed by atoms with E-state index in [-0.39, 0.29) is 5.92 Å². The predicted octanol–water partition coefficient (Wildman–Crippen LogP) is 2.30. The van der Waals surface area contributed by atoms with Gasteiger partial charge in [-0.15, -0.1) is 0 Å². The summed E-state index contributed by atoms with van der Waals surface area (Å²) in [5, 5.41) is 10.8. The molecule has 0 aromatic heterocycles. The average molecular weight is 208 g/mol. The van der Waals surface area contributed by atoms with Gasteiger partial charge in [0.2, 0.25) is 0 Å². The van der Waals surface area contributed by atoms with E-state index in [1.807, 2.05) is 0 Å². The van der Waals surface area contributed by atoms with Gasteiger partial charge in [-0.05, 0) is 38.0 Å². The van der Waals surface area contributed by atoms with Crippen LogP contribution in [-0.2, 0) is 4.79 Å². The highest BCUT2D eigenvalue weighted by Gasteiger charge is 2.55. The second kappa shape index (κ2) is 3.31. The number of Topliss-reactive ketones (excluding diaryl/α,β-unsaturated/α-hetero) is 1. The molecule has 0 heterocycles. The molecule has 84 valence electrons. The fourth-order valence-corrected chi connectivity index (χ4v) is 4.24. The lowest BCUT2D eigenvalue weighted by atomic mass is 9.55. The van der Waals surface area contributed by atoms with Gasteiger partial charge in [0.1, 0.15) is 5.78 Å². The molecule has 1 N–H and O–H groups in total. The third kappa shape index (κ3) is 1.30. The third-order valence-corrected chi connectivity index (χ3v) is 5.05. The molecule has 3 fully saturated rings. The predicted molar refractivity (Wildman–Crippen MR) is 57.4 cm³/mol. The van der Waals surface area contributed by atoms with Crippen molar-refractivity contribution in [2.45, 2.75) is 57.0 Å². The molecule has 0 amide bonds. The SMILES string of the molecule is O=C1[C@@H]2CCC[C@H]1[C@]1(O)CCCC[C@H]1C2. The van der Waals surface area contributed by atoms with Crippen molar-refractivity contribution in [2.75, 3.05) is 0 Å². The van der Waals surface area contributed by atoms with Gasteiger partial charge in [0.25, 0.3) is 0 Å². The van der Waals surface area contributed by atoms with Crippen LogP contribution in [0.3, 0.4) is 0 Å². The van der Waals surface area contributed by atoms with Gasteiger partial charge in [0.15, 0.2) is 0 Å². The molecule has 0 aliphatic heterocycles. The van der Waals surface area contributed by atoms with E-state index in [1.54, 1.807) is 0 Å². The van der Waals surface area contributed by atoms with E-state index < -0.39 is 5.60 Å². The van der Waals surface area contributed by atoms with E-state index in [1.165, 1.54) is 6.42 Å². The number of hydrogen-bond donors (Lipinski definition) is 1. The maximum Gasteiger partial charge on any atom is 0.141 e. The van der Waals surface area contributed by atoms with Crippen molar-refractivity contribution in [1.29, 1.82) is 0 Å². The lowest BCUT2D eigenvalue weighted by molar-refractivity contribution is -0.167. The van der Waals surface area contributed by atoms with Crippen molar-refractivity contribution >= 4 is 5.78 Å². The zero-order chi connectivity index (χ0) is 10.5. The first-order valence-corrected chi connectivity index (χ1v) is 6.48. The van der Waals surface area contributed by atoms with Crippen molar-refractivity contribution in [3.63, 3.8) is 0 Å². The zero-order valence-corrected chi connectivity index (χ0v) is 9.24. The first kappa shape index (κ1) is 9.83. The summed E-state index contributed by atoms with van der Waals surface area (Å²) in [6.07, 6.45) is 8.55. The zero-order valence-electron chi connectivity index (χ0n) is 9.24. The highest BCUT2D eigenvalue weighted by Crippen LogP contribution is 2.52. The maximum absolute atomic E-state index is 12.1. The molecule has 2 heteroatoms. The summed E-state index contributed by atoms with van der Waals surface area (Å²) in [4.78, 5) is 12.1. The van der Waals surface area contributed by atoms with Crippen LogP contribution in [0.5, 0.6) is 0 Å². The molecular weight excluding hydrogens is 188 g/mol. The van der Waals surface area contributed by atoms with Gasteiger partial charge in [-0.25, -0.2) is 0 Å². The van der Waals surface area contributed by atoms with Crippen LogP contribution >= 0.6 is 0 Å². The third-order valence-electron chi connectivity index (χ3n) is 5.05. The molecule has 3 aliphatic rings. The van der Waals surface area contributed by atoms with Crippen molar-refractivity contribution in [1.82, 2.24) is 0 Å². The monoisotopic (exact) mass is 208 g/mol. The molecule has 15 heavy (non-hydrogen) atoms. The summed E-state index contributed by atoms with van der Waals surface area (Å²) in [5.74, 6) is 1.11. The quantitative estimate of drug-likeness (QED) is 0.663. The minimum absolute atomic E-state index is 0.00435. The van der Waals surface area contributed by atoms with Crippen molar-refractivity contribution in [2.24, 2.45) is 17.8 Å². The summed E-state index contributed by atoms with van der Waals surface area (Å²) in [6, 6.07) is 0. The highest BCUT2D eigenvalue weighted by atomic mass is 16.3. The molecule has 0 unspecified atom stereocenters. The normalized spacial score (nSPS) is 49.9. The summed E-state index contributed by atoms with van der Waals surface area (Å²) in [5.41, 5.74) is -0.605.